The van der Waals surface area contributed by atoms with Crippen molar-refractivity contribution in [2.75, 3.05) is 0 Å². The van der Waals surface area contributed by atoms with E-state index >= 15 is 0 Å². The Balaban J connectivity index is 3.05. The summed E-state index contributed by atoms with van der Waals surface area (Å²) in [6.45, 7) is 9.23. The fourth-order valence-corrected chi connectivity index (χ4v) is 3.10. The highest BCUT2D eigenvalue weighted by Crippen LogP contribution is 2.25. The summed E-state index contributed by atoms with van der Waals surface area (Å²) in [4.78, 5) is 0. The molecular weight excluding hydrogens is 240 g/mol. The van der Waals surface area contributed by atoms with Crippen molar-refractivity contribution >= 4 is 0 Å². The van der Waals surface area contributed by atoms with Gasteiger partial charge in [0.05, 0.1) is 0 Å². The number of hydrogen-bond donors (Lipinski definition) is 0. The van der Waals surface area contributed by atoms with Crippen LogP contribution in [-0.2, 0) is 25.7 Å². The van der Waals surface area contributed by atoms with E-state index < -0.39 is 0 Å². The molecule has 0 bridgehead atoms. The molecule has 0 aliphatic rings. The van der Waals surface area contributed by atoms with Crippen molar-refractivity contribution in [3.63, 3.8) is 0 Å². The number of hydrogen-bond acceptors (Lipinski definition) is 0. The molecule has 0 heteroatoms. The maximum atomic E-state index is 2.44. The summed E-state index contributed by atoms with van der Waals surface area (Å²) in [7, 11) is 0. The topological polar surface area (TPSA) is 0 Å². The van der Waals surface area contributed by atoms with Crippen molar-refractivity contribution in [1.29, 1.82) is 0 Å². The third-order valence-electron chi connectivity index (χ3n) is 4.36. The highest BCUT2D eigenvalue weighted by atomic mass is 14.2. The zero-order valence-corrected chi connectivity index (χ0v) is 14.2. The number of benzene rings is 1. The van der Waals surface area contributed by atoms with Crippen molar-refractivity contribution in [2.24, 2.45) is 0 Å². The van der Waals surface area contributed by atoms with Crippen LogP contribution in [0, 0.1) is 0 Å². The molecule has 1 aromatic rings. The van der Waals surface area contributed by atoms with Crippen LogP contribution < -0.4 is 0 Å². The Labute approximate surface area is 127 Å². The fraction of sp³-hybridized carbons (Fsp3) is 0.700. The Hall–Kier alpha value is -0.780. The number of rotatable bonds is 10. The van der Waals surface area contributed by atoms with Crippen LogP contribution in [0.4, 0.5) is 0 Å². The van der Waals surface area contributed by atoms with Gasteiger partial charge in [-0.3, -0.25) is 0 Å². The van der Waals surface area contributed by atoms with Gasteiger partial charge in [0.2, 0.25) is 0 Å². The van der Waals surface area contributed by atoms with Crippen LogP contribution in [-0.4, -0.2) is 0 Å². The van der Waals surface area contributed by atoms with E-state index in [4.69, 9.17) is 0 Å². The molecule has 0 spiro atoms. The van der Waals surface area contributed by atoms with Crippen molar-refractivity contribution in [3.05, 3.63) is 34.4 Å². The van der Waals surface area contributed by atoms with Gasteiger partial charge < -0.3 is 0 Å². The van der Waals surface area contributed by atoms with Crippen LogP contribution >= 0.6 is 0 Å². The summed E-state index contributed by atoms with van der Waals surface area (Å²) in [6, 6.07) is 4.86. The van der Waals surface area contributed by atoms with E-state index in [-0.39, 0.29) is 0 Å². The molecule has 1 aromatic carbocycles. The lowest BCUT2D eigenvalue weighted by molar-refractivity contribution is 0.740. The molecule has 114 valence electrons. The second kappa shape index (κ2) is 10.0. The Kier molecular flexibility index (Phi) is 8.65. The first-order chi connectivity index (χ1) is 9.78. The van der Waals surface area contributed by atoms with Gasteiger partial charge in [-0.15, -0.1) is 0 Å². The molecule has 0 saturated heterocycles. The van der Waals surface area contributed by atoms with Crippen LogP contribution in [0.2, 0.25) is 0 Å². The van der Waals surface area contributed by atoms with Crippen molar-refractivity contribution in [2.45, 2.75) is 91.9 Å². The lowest BCUT2D eigenvalue weighted by Crippen LogP contribution is -2.05. The van der Waals surface area contributed by atoms with Gasteiger partial charge in [-0.05, 0) is 67.2 Å². The molecule has 0 aliphatic heterocycles. The lowest BCUT2D eigenvalue weighted by Gasteiger charge is -2.18. The lowest BCUT2D eigenvalue weighted by atomic mass is 9.87. The Morgan fingerprint density at radius 2 is 1.05 bits per heavy atom. The largest absolute Gasteiger partial charge is 0.0654 e. The van der Waals surface area contributed by atoms with Gasteiger partial charge in [-0.25, -0.2) is 0 Å². The van der Waals surface area contributed by atoms with E-state index in [9.17, 15) is 0 Å². The zero-order chi connectivity index (χ0) is 14.8. The Morgan fingerprint density at radius 1 is 0.600 bits per heavy atom. The molecule has 0 saturated carbocycles. The predicted molar refractivity (Wildman–Crippen MR) is 91.7 cm³/mol. The molecule has 0 N–H and O–H groups in total. The highest BCUT2D eigenvalue weighted by molar-refractivity contribution is 5.42. The van der Waals surface area contributed by atoms with E-state index in [0.29, 0.717) is 0 Å². The number of unbranched alkanes of at least 4 members (excludes halogenated alkanes) is 3. The number of aryl methyl sites for hydroxylation is 2. The van der Waals surface area contributed by atoms with Gasteiger partial charge in [-0.2, -0.15) is 0 Å². The molecule has 0 aliphatic carbocycles. The minimum atomic E-state index is 1.21. The predicted octanol–water partition coefficient (Wildman–Crippen LogP) is 6.28. The van der Waals surface area contributed by atoms with E-state index in [1.165, 1.54) is 64.2 Å². The third kappa shape index (κ3) is 4.96. The van der Waals surface area contributed by atoms with Gasteiger partial charge in [0.25, 0.3) is 0 Å². The normalized spacial score (nSPS) is 11.0. The van der Waals surface area contributed by atoms with Crippen LogP contribution in [0.15, 0.2) is 12.1 Å². The van der Waals surface area contributed by atoms with E-state index in [0.717, 1.165) is 0 Å². The second-order valence-corrected chi connectivity index (χ2v) is 6.01. The van der Waals surface area contributed by atoms with E-state index in [2.05, 4.69) is 39.8 Å². The Morgan fingerprint density at radius 3 is 1.50 bits per heavy atom. The second-order valence-electron chi connectivity index (χ2n) is 6.01. The van der Waals surface area contributed by atoms with E-state index in [1.54, 1.807) is 22.3 Å². The molecule has 0 amide bonds. The first-order valence-corrected chi connectivity index (χ1v) is 8.90. The minimum Gasteiger partial charge on any atom is -0.0654 e. The van der Waals surface area contributed by atoms with Gasteiger partial charge in [0.15, 0.2) is 0 Å². The molecule has 20 heavy (non-hydrogen) atoms. The molecule has 0 fully saturated rings. The summed E-state index contributed by atoms with van der Waals surface area (Å²) in [5, 5.41) is 0. The molecule has 0 atom stereocenters. The molecule has 0 radical (unpaired) electrons. The van der Waals surface area contributed by atoms with Gasteiger partial charge in [0.1, 0.15) is 0 Å². The average molecular weight is 274 g/mol. The maximum absolute atomic E-state index is 2.44. The SMILES string of the molecule is CCCCc1ccc(CCCC)c(CCCC)c1CC. The summed E-state index contributed by atoms with van der Waals surface area (Å²) in [5.41, 5.74) is 6.65. The molecule has 0 nitrogen and oxygen atoms in total. The van der Waals surface area contributed by atoms with Gasteiger partial charge in [-0.1, -0.05) is 59.1 Å². The van der Waals surface area contributed by atoms with Crippen molar-refractivity contribution < 1.29 is 0 Å². The fourth-order valence-electron chi connectivity index (χ4n) is 3.10. The average Bonchev–Trinajstić information content (AvgIpc) is 2.48. The van der Waals surface area contributed by atoms with Crippen molar-refractivity contribution in [3.8, 4) is 0 Å². The molecule has 0 heterocycles. The van der Waals surface area contributed by atoms with Gasteiger partial charge >= 0.3 is 0 Å². The molecule has 1 rings (SSSR count). The first-order valence-electron chi connectivity index (χ1n) is 8.90. The standard InChI is InChI=1S/C20H34/c1-5-9-12-17-15-16-18(13-10-6-2)20(14-11-7-3)19(17)8-4/h15-16H,5-14H2,1-4H3. The minimum absolute atomic E-state index is 1.21. The summed E-state index contributed by atoms with van der Waals surface area (Å²) < 4.78 is 0. The zero-order valence-electron chi connectivity index (χ0n) is 14.2. The summed E-state index contributed by atoms with van der Waals surface area (Å²) in [6.07, 6.45) is 12.9. The third-order valence-corrected chi connectivity index (χ3v) is 4.36. The smallest absolute Gasteiger partial charge is 0.0273 e. The molecule has 0 unspecified atom stereocenters. The summed E-state index contributed by atoms with van der Waals surface area (Å²) >= 11 is 0. The van der Waals surface area contributed by atoms with Crippen molar-refractivity contribution in [1.82, 2.24) is 0 Å². The molecular formula is C20H34. The molecule has 0 aromatic heterocycles. The van der Waals surface area contributed by atoms with Gasteiger partial charge in [0, 0.05) is 0 Å². The van der Waals surface area contributed by atoms with E-state index in [1.807, 2.05) is 0 Å². The van der Waals surface area contributed by atoms with Crippen LogP contribution in [0.5, 0.6) is 0 Å². The van der Waals surface area contributed by atoms with Crippen LogP contribution in [0.25, 0.3) is 0 Å². The maximum Gasteiger partial charge on any atom is -0.0273 e. The van der Waals surface area contributed by atoms with Crippen LogP contribution in [0.1, 0.15) is 88.5 Å². The monoisotopic (exact) mass is 274 g/mol. The van der Waals surface area contributed by atoms with Crippen LogP contribution in [0.3, 0.4) is 0 Å². The highest BCUT2D eigenvalue weighted by Gasteiger charge is 2.11. The Bertz CT molecular complexity index is 376. The first kappa shape index (κ1) is 17.3. The summed E-state index contributed by atoms with van der Waals surface area (Å²) in [5.74, 6) is 0. The quantitative estimate of drug-likeness (QED) is 0.471.